The first-order valence-electron chi connectivity index (χ1n) is 8.22. The van der Waals surface area contributed by atoms with E-state index in [9.17, 15) is 14.0 Å². The molecule has 3 amide bonds. The Morgan fingerprint density at radius 1 is 1.42 bits per heavy atom. The number of benzene rings is 1. The van der Waals surface area contributed by atoms with E-state index in [1.165, 1.54) is 11.0 Å². The van der Waals surface area contributed by atoms with Crippen molar-refractivity contribution in [1.29, 1.82) is 0 Å². The summed E-state index contributed by atoms with van der Waals surface area (Å²) in [5.41, 5.74) is 0. The molecule has 1 N–H and O–H groups in total. The highest BCUT2D eigenvalue weighted by molar-refractivity contribution is 5.78. The molecule has 0 saturated carbocycles. The number of urea groups is 1. The van der Waals surface area contributed by atoms with Crippen LogP contribution in [0.1, 0.15) is 19.3 Å². The molecule has 132 valence electrons. The van der Waals surface area contributed by atoms with E-state index < -0.39 is 5.82 Å². The van der Waals surface area contributed by atoms with Crippen molar-refractivity contribution in [1.82, 2.24) is 15.1 Å². The zero-order valence-corrected chi connectivity index (χ0v) is 14.0. The van der Waals surface area contributed by atoms with Crippen molar-refractivity contribution in [2.24, 2.45) is 0 Å². The van der Waals surface area contributed by atoms with Crippen LogP contribution in [0.15, 0.2) is 24.3 Å². The number of carbonyl (C=O) groups is 2. The van der Waals surface area contributed by atoms with E-state index in [-0.39, 0.29) is 24.3 Å². The smallest absolute Gasteiger partial charge is 0.317 e. The molecular formula is C17H24FN3O3. The molecule has 7 heteroatoms. The Bertz CT molecular complexity index is 568. The number of rotatable bonds is 8. The number of hydrogen-bond acceptors (Lipinski definition) is 3. The van der Waals surface area contributed by atoms with Gasteiger partial charge in [-0.05, 0) is 25.0 Å². The second-order valence-electron chi connectivity index (χ2n) is 5.77. The molecule has 0 unspecified atom stereocenters. The average molecular weight is 337 g/mol. The van der Waals surface area contributed by atoms with E-state index in [1.54, 1.807) is 25.2 Å². The zero-order chi connectivity index (χ0) is 17.4. The molecule has 1 aromatic rings. The van der Waals surface area contributed by atoms with Gasteiger partial charge in [-0.2, -0.15) is 0 Å². The van der Waals surface area contributed by atoms with Crippen LogP contribution < -0.4 is 10.1 Å². The van der Waals surface area contributed by atoms with Gasteiger partial charge in [-0.1, -0.05) is 12.1 Å². The maximum atomic E-state index is 13.4. The van der Waals surface area contributed by atoms with Crippen LogP contribution in [-0.4, -0.2) is 61.6 Å². The van der Waals surface area contributed by atoms with Crippen LogP contribution in [-0.2, 0) is 4.79 Å². The summed E-state index contributed by atoms with van der Waals surface area (Å²) >= 11 is 0. The number of hydrogen-bond donors (Lipinski definition) is 1. The van der Waals surface area contributed by atoms with Crippen molar-refractivity contribution in [3.8, 4) is 5.75 Å². The number of carbonyl (C=O) groups excluding carboxylic acids is 2. The number of likely N-dealkylation sites (N-methyl/N-ethyl adjacent to an activating group) is 1. The van der Waals surface area contributed by atoms with Crippen LogP contribution in [0.3, 0.4) is 0 Å². The fraction of sp³-hybridized carbons (Fsp3) is 0.529. The third-order valence-electron chi connectivity index (χ3n) is 3.92. The quantitative estimate of drug-likeness (QED) is 0.737. The van der Waals surface area contributed by atoms with Gasteiger partial charge in [-0.15, -0.1) is 0 Å². The molecule has 1 fully saturated rings. The molecule has 1 saturated heterocycles. The number of nitrogens with zero attached hydrogens (tertiary/aromatic N) is 2. The largest absolute Gasteiger partial charge is 0.489 e. The summed E-state index contributed by atoms with van der Waals surface area (Å²) < 4.78 is 18.7. The SMILES string of the molecule is CN(CCOc1ccccc1F)C(=O)NCCCN1CCCC1=O. The molecule has 6 nitrogen and oxygen atoms in total. The third-order valence-corrected chi connectivity index (χ3v) is 3.92. The molecule has 1 aliphatic rings. The Hall–Kier alpha value is -2.31. The lowest BCUT2D eigenvalue weighted by Crippen LogP contribution is -2.40. The first-order chi connectivity index (χ1) is 11.6. The second-order valence-corrected chi connectivity index (χ2v) is 5.77. The standard InChI is InChI=1S/C17H24FN3O3/c1-20(12-13-24-15-7-3-2-6-14(15)18)17(23)19-9-5-11-21-10-4-8-16(21)22/h2-3,6-7H,4-5,8-13H2,1H3,(H,19,23). The Balaban J connectivity index is 1.58. The van der Waals surface area contributed by atoms with Crippen LogP contribution in [0.5, 0.6) is 5.75 Å². The highest BCUT2D eigenvalue weighted by Crippen LogP contribution is 2.15. The molecule has 1 aliphatic heterocycles. The molecule has 0 bridgehead atoms. The van der Waals surface area contributed by atoms with Crippen LogP contribution in [0.4, 0.5) is 9.18 Å². The normalized spacial score (nSPS) is 13.9. The molecular weight excluding hydrogens is 313 g/mol. The Morgan fingerprint density at radius 2 is 2.21 bits per heavy atom. The van der Waals surface area contributed by atoms with Crippen molar-refractivity contribution < 1.29 is 18.7 Å². The fourth-order valence-electron chi connectivity index (χ4n) is 2.50. The van der Waals surface area contributed by atoms with Gasteiger partial charge < -0.3 is 19.9 Å². The molecule has 0 atom stereocenters. The van der Waals surface area contributed by atoms with Gasteiger partial charge in [0, 0.05) is 33.1 Å². The highest BCUT2D eigenvalue weighted by atomic mass is 19.1. The molecule has 2 rings (SSSR count). The number of halogens is 1. The lowest BCUT2D eigenvalue weighted by Gasteiger charge is -2.19. The second kappa shape index (κ2) is 9.10. The first kappa shape index (κ1) is 18.0. The number of para-hydroxylation sites is 1. The molecule has 0 spiro atoms. The van der Waals surface area contributed by atoms with Crippen molar-refractivity contribution in [3.05, 3.63) is 30.1 Å². The van der Waals surface area contributed by atoms with Gasteiger partial charge in [-0.25, -0.2) is 9.18 Å². The van der Waals surface area contributed by atoms with Gasteiger partial charge in [0.05, 0.1) is 6.54 Å². The van der Waals surface area contributed by atoms with E-state index in [1.807, 2.05) is 4.90 Å². The summed E-state index contributed by atoms with van der Waals surface area (Å²) in [5.74, 6) is -0.0357. The third kappa shape index (κ3) is 5.40. The van der Waals surface area contributed by atoms with Gasteiger partial charge in [-0.3, -0.25) is 4.79 Å². The van der Waals surface area contributed by atoms with Crippen LogP contribution >= 0.6 is 0 Å². The summed E-state index contributed by atoms with van der Waals surface area (Å²) in [6.45, 7) is 2.58. The number of amides is 3. The van der Waals surface area contributed by atoms with E-state index in [4.69, 9.17) is 4.74 Å². The minimum Gasteiger partial charge on any atom is -0.489 e. The summed E-state index contributed by atoms with van der Waals surface area (Å²) in [6.07, 6.45) is 2.30. The van der Waals surface area contributed by atoms with Gasteiger partial charge in [0.1, 0.15) is 6.61 Å². The van der Waals surface area contributed by atoms with Gasteiger partial charge in [0.15, 0.2) is 11.6 Å². The Labute approximate surface area is 141 Å². The van der Waals surface area contributed by atoms with Crippen molar-refractivity contribution >= 4 is 11.9 Å². The van der Waals surface area contributed by atoms with E-state index >= 15 is 0 Å². The fourth-order valence-corrected chi connectivity index (χ4v) is 2.50. The maximum Gasteiger partial charge on any atom is 0.317 e. The maximum absolute atomic E-state index is 13.4. The van der Waals surface area contributed by atoms with Crippen molar-refractivity contribution in [3.63, 3.8) is 0 Å². The zero-order valence-electron chi connectivity index (χ0n) is 14.0. The van der Waals surface area contributed by atoms with E-state index in [2.05, 4.69) is 5.32 Å². The Morgan fingerprint density at radius 3 is 2.92 bits per heavy atom. The van der Waals surface area contributed by atoms with Crippen LogP contribution in [0, 0.1) is 5.82 Å². The summed E-state index contributed by atoms with van der Waals surface area (Å²) in [4.78, 5) is 26.7. The molecule has 0 aliphatic carbocycles. The number of nitrogens with one attached hydrogen (secondary N) is 1. The monoisotopic (exact) mass is 337 g/mol. The molecule has 1 aromatic carbocycles. The average Bonchev–Trinajstić information content (AvgIpc) is 2.98. The molecule has 1 heterocycles. The van der Waals surface area contributed by atoms with Gasteiger partial charge in [0.25, 0.3) is 0 Å². The topological polar surface area (TPSA) is 61.9 Å². The lowest BCUT2D eigenvalue weighted by molar-refractivity contribution is -0.127. The predicted octanol–water partition coefficient (Wildman–Crippen LogP) is 1.86. The van der Waals surface area contributed by atoms with Gasteiger partial charge in [0.2, 0.25) is 5.91 Å². The van der Waals surface area contributed by atoms with Gasteiger partial charge >= 0.3 is 6.03 Å². The number of likely N-dealkylation sites (tertiary alicyclic amines) is 1. The molecule has 24 heavy (non-hydrogen) atoms. The van der Waals surface area contributed by atoms with Crippen LogP contribution in [0.25, 0.3) is 0 Å². The van der Waals surface area contributed by atoms with E-state index in [0.717, 1.165) is 19.4 Å². The molecule has 0 aromatic heterocycles. The minimum atomic E-state index is -0.416. The predicted molar refractivity (Wildman–Crippen MR) is 88.4 cm³/mol. The summed E-state index contributed by atoms with van der Waals surface area (Å²) in [5, 5.41) is 2.80. The molecule has 0 radical (unpaired) electrons. The number of ether oxygens (including phenoxy) is 1. The lowest BCUT2D eigenvalue weighted by atomic mass is 10.3. The minimum absolute atomic E-state index is 0.182. The summed E-state index contributed by atoms with van der Waals surface area (Å²) in [6, 6.07) is 5.96. The Kier molecular flexibility index (Phi) is 6.84. The van der Waals surface area contributed by atoms with Crippen molar-refractivity contribution in [2.75, 3.05) is 39.8 Å². The summed E-state index contributed by atoms with van der Waals surface area (Å²) in [7, 11) is 1.66. The van der Waals surface area contributed by atoms with Crippen molar-refractivity contribution in [2.45, 2.75) is 19.3 Å². The van der Waals surface area contributed by atoms with Crippen LogP contribution in [0.2, 0.25) is 0 Å². The highest BCUT2D eigenvalue weighted by Gasteiger charge is 2.19. The first-order valence-corrected chi connectivity index (χ1v) is 8.22. The van der Waals surface area contributed by atoms with E-state index in [0.29, 0.717) is 26.1 Å².